The van der Waals surface area contributed by atoms with E-state index in [-0.39, 0.29) is 36.4 Å². The van der Waals surface area contributed by atoms with E-state index in [2.05, 4.69) is 22.5 Å². The highest BCUT2D eigenvalue weighted by Crippen LogP contribution is 2.38. The fourth-order valence-corrected chi connectivity index (χ4v) is 4.05. The van der Waals surface area contributed by atoms with Gasteiger partial charge >= 0.3 is 5.97 Å². The maximum Gasteiger partial charge on any atom is 0.317 e. The average Bonchev–Trinajstić information content (AvgIpc) is 3.55. The second kappa shape index (κ2) is 8.14. The zero-order valence-corrected chi connectivity index (χ0v) is 16.8. The van der Waals surface area contributed by atoms with Crippen molar-refractivity contribution in [3.63, 3.8) is 0 Å². The molecule has 3 fully saturated rings. The molecule has 1 aromatic rings. The smallest absolute Gasteiger partial charge is 0.317 e. The number of nitrogens with zero attached hydrogens (tertiary/aromatic N) is 1. The van der Waals surface area contributed by atoms with Crippen LogP contribution >= 0.6 is 0 Å². The van der Waals surface area contributed by atoms with Crippen molar-refractivity contribution in [2.45, 2.75) is 51.1 Å². The van der Waals surface area contributed by atoms with E-state index in [9.17, 15) is 14.4 Å². The van der Waals surface area contributed by atoms with Crippen LogP contribution in [0.2, 0.25) is 0 Å². The Labute approximate surface area is 170 Å². The van der Waals surface area contributed by atoms with Crippen LogP contribution in [-0.2, 0) is 9.59 Å². The van der Waals surface area contributed by atoms with Gasteiger partial charge in [-0.1, -0.05) is 6.92 Å². The quantitative estimate of drug-likeness (QED) is 0.592. The van der Waals surface area contributed by atoms with Crippen molar-refractivity contribution in [3.05, 3.63) is 29.8 Å². The van der Waals surface area contributed by atoms with E-state index >= 15 is 0 Å². The van der Waals surface area contributed by atoms with Crippen LogP contribution in [0.1, 0.15) is 49.4 Å². The lowest BCUT2D eigenvalue weighted by molar-refractivity contribution is -0.139. The highest BCUT2D eigenvalue weighted by molar-refractivity contribution is 5.97. The van der Waals surface area contributed by atoms with Crippen LogP contribution in [0.4, 0.5) is 5.69 Å². The van der Waals surface area contributed by atoms with Gasteiger partial charge in [0.1, 0.15) is 0 Å². The first kappa shape index (κ1) is 19.9. The molecule has 0 aliphatic heterocycles. The first-order valence-corrected chi connectivity index (χ1v) is 10.6. The number of carboxylic acids is 1. The molecule has 4 rings (SSSR count). The van der Waals surface area contributed by atoms with E-state index in [0.717, 1.165) is 25.8 Å². The fraction of sp³-hybridized carbons (Fsp3) is 0.591. The topological polar surface area (TPSA) is 98.7 Å². The van der Waals surface area contributed by atoms with Crippen LogP contribution in [0.3, 0.4) is 0 Å². The number of hydrogen-bond donors (Lipinski definition) is 3. The van der Waals surface area contributed by atoms with E-state index in [1.165, 1.54) is 12.8 Å². The van der Waals surface area contributed by atoms with Crippen LogP contribution in [0.25, 0.3) is 0 Å². The van der Waals surface area contributed by atoms with Gasteiger partial charge in [0.05, 0.1) is 6.54 Å². The Kier molecular flexibility index (Phi) is 5.58. The number of nitrogens with one attached hydrogen (secondary N) is 2. The monoisotopic (exact) mass is 399 g/mol. The van der Waals surface area contributed by atoms with Crippen LogP contribution < -0.4 is 10.6 Å². The Morgan fingerprint density at radius 3 is 2.31 bits per heavy atom. The molecular weight excluding hydrogens is 370 g/mol. The zero-order valence-electron chi connectivity index (χ0n) is 16.8. The van der Waals surface area contributed by atoms with Gasteiger partial charge in [0.15, 0.2) is 0 Å². The molecular formula is C22H29N3O4. The molecule has 156 valence electrons. The molecule has 3 aliphatic rings. The standard InChI is InChI=1S/C22H29N3O4/c1-13-8-19(13)22(29)23-16-6-4-15(5-7-16)21(28)24-17-9-18(10-17)25(12-20(26)27)11-14-2-3-14/h4-7,13-14,17-19H,2-3,8-12H2,1H3,(H,23,29)(H,24,28)(H,26,27). The number of hydrogen-bond acceptors (Lipinski definition) is 4. The summed E-state index contributed by atoms with van der Waals surface area (Å²) in [5, 5.41) is 15.1. The lowest BCUT2D eigenvalue weighted by Crippen LogP contribution is -2.55. The highest BCUT2D eigenvalue weighted by Gasteiger charge is 2.39. The third kappa shape index (κ3) is 5.15. The summed E-state index contributed by atoms with van der Waals surface area (Å²) in [7, 11) is 0. The molecule has 7 heteroatoms. The molecule has 0 heterocycles. The average molecular weight is 399 g/mol. The van der Waals surface area contributed by atoms with Crippen molar-refractivity contribution in [1.29, 1.82) is 0 Å². The third-order valence-corrected chi connectivity index (χ3v) is 6.35. The second-order valence-electron chi connectivity index (χ2n) is 8.95. The maximum atomic E-state index is 12.5. The van der Waals surface area contributed by atoms with Gasteiger partial charge in [0.25, 0.3) is 5.91 Å². The van der Waals surface area contributed by atoms with Gasteiger partial charge in [-0.3, -0.25) is 19.3 Å². The minimum absolute atomic E-state index is 0.0484. The molecule has 2 unspecified atom stereocenters. The molecule has 0 spiro atoms. The number of amides is 2. The summed E-state index contributed by atoms with van der Waals surface area (Å²) in [5.74, 6) is 0.347. The minimum atomic E-state index is -0.790. The molecule has 3 saturated carbocycles. The van der Waals surface area contributed by atoms with Gasteiger partial charge in [0, 0.05) is 35.8 Å². The Morgan fingerprint density at radius 2 is 1.76 bits per heavy atom. The molecule has 3 aliphatic carbocycles. The summed E-state index contributed by atoms with van der Waals surface area (Å²) in [6.45, 7) is 2.99. The molecule has 2 amide bonds. The van der Waals surface area contributed by atoms with Crippen molar-refractivity contribution < 1.29 is 19.5 Å². The van der Waals surface area contributed by atoms with Gasteiger partial charge in [0.2, 0.25) is 5.91 Å². The zero-order chi connectivity index (χ0) is 20.5. The van der Waals surface area contributed by atoms with Gasteiger partial charge < -0.3 is 15.7 Å². The largest absolute Gasteiger partial charge is 0.480 e. The van der Waals surface area contributed by atoms with E-state index < -0.39 is 5.97 Å². The number of carbonyl (C=O) groups is 3. The molecule has 0 radical (unpaired) electrons. The molecule has 0 bridgehead atoms. The third-order valence-electron chi connectivity index (χ3n) is 6.35. The molecule has 7 nitrogen and oxygen atoms in total. The normalized spacial score (nSPS) is 27.8. The summed E-state index contributed by atoms with van der Waals surface area (Å²) in [6, 6.07) is 7.28. The van der Waals surface area contributed by atoms with Crippen molar-refractivity contribution in [2.24, 2.45) is 17.8 Å². The van der Waals surface area contributed by atoms with E-state index in [4.69, 9.17) is 5.11 Å². The molecule has 0 saturated heterocycles. The van der Waals surface area contributed by atoms with Gasteiger partial charge in [-0.2, -0.15) is 0 Å². The van der Waals surface area contributed by atoms with E-state index in [1.54, 1.807) is 24.3 Å². The van der Waals surface area contributed by atoms with Gasteiger partial charge in [-0.15, -0.1) is 0 Å². The number of aliphatic carboxylic acids is 1. The lowest BCUT2D eigenvalue weighted by Gasteiger charge is -2.42. The lowest BCUT2D eigenvalue weighted by atomic mass is 9.85. The highest BCUT2D eigenvalue weighted by atomic mass is 16.4. The number of anilines is 1. The Bertz CT molecular complexity index is 784. The fourth-order valence-electron chi connectivity index (χ4n) is 4.05. The molecule has 2 atom stereocenters. The van der Waals surface area contributed by atoms with Crippen LogP contribution in [0, 0.1) is 17.8 Å². The molecule has 1 aromatic carbocycles. The van der Waals surface area contributed by atoms with Gasteiger partial charge in [-0.25, -0.2) is 0 Å². The summed E-state index contributed by atoms with van der Waals surface area (Å²) in [4.78, 5) is 37.6. The Hall–Kier alpha value is -2.41. The number of carbonyl (C=O) groups excluding carboxylic acids is 2. The number of rotatable bonds is 9. The number of benzene rings is 1. The maximum absolute atomic E-state index is 12.5. The predicted molar refractivity (Wildman–Crippen MR) is 109 cm³/mol. The van der Waals surface area contributed by atoms with E-state index in [0.29, 0.717) is 23.1 Å². The van der Waals surface area contributed by atoms with Crippen LogP contribution in [0.15, 0.2) is 24.3 Å². The summed E-state index contributed by atoms with van der Waals surface area (Å²) < 4.78 is 0. The van der Waals surface area contributed by atoms with Crippen molar-refractivity contribution in [1.82, 2.24) is 10.2 Å². The number of carboxylic acid groups (broad SMARTS) is 1. The molecule has 3 N–H and O–H groups in total. The first-order valence-electron chi connectivity index (χ1n) is 10.6. The summed E-state index contributed by atoms with van der Waals surface area (Å²) in [6.07, 6.45) is 4.91. The summed E-state index contributed by atoms with van der Waals surface area (Å²) >= 11 is 0. The van der Waals surface area contributed by atoms with Crippen molar-refractivity contribution in [2.75, 3.05) is 18.4 Å². The van der Waals surface area contributed by atoms with Crippen molar-refractivity contribution in [3.8, 4) is 0 Å². The van der Waals surface area contributed by atoms with Crippen molar-refractivity contribution >= 4 is 23.5 Å². The molecule has 29 heavy (non-hydrogen) atoms. The predicted octanol–water partition coefficient (Wildman–Crippen LogP) is 2.34. The summed E-state index contributed by atoms with van der Waals surface area (Å²) in [5.41, 5.74) is 1.27. The Morgan fingerprint density at radius 1 is 1.10 bits per heavy atom. The molecule has 0 aromatic heterocycles. The minimum Gasteiger partial charge on any atom is -0.480 e. The first-order chi connectivity index (χ1) is 13.9. The van der Waals surface area contributed by atoms with Crippen LogP contribution in [-0.4, -0.2) is 53.0 Å². The second-order valence-corrected chi connectivity index (χ2v) is 8.95. The van der Waals surface area contributed by atoms with E-state index in [1.807, 2.05) is 0 Å². The Balaban J connectivity index is 1.23. The van der Waals surface area contributed by atoms with Gasteiger partial charge in [-0.05, 0) is 68.2 Å². The van der Waals surface area contributed by atoms with Crippen LogP contribution in [0.5, 0.6) is 0 Å². The SMILES string of the molecule is CC1CC1C(=O)Nc1ccc(C(=O)NC2CC(N(CC(=O)O)CC3CC3)C2)cc1.